The standard InChI is InChI=1S/C17H19NO3/c1-17(2)20-14-8-7-11(15(19)16(14)21-17)12-9-18-13-6-4-3-5-10(12)13/h3-9,11,14-16,18-19H,1-2H3/t11-,14-,15-,16-/m1/s1. The molecule has 1 aromatic carbocycles. The minimum Gasteiger partial charge on any atom is -0.389 e. The fraction of sp³-hybridized carbons (Fsp3) is 0.412. The predicted octanol–water partition coefficient (Wildman–Crippen LogP) is 2.70. The number of benzene rings is 1. The Kier molecular flexibility index (Phi) is 2.76. The van der Waals surface area contributed by atoms with Crippen molar-refractivity contribution in [3.8, 4) is 0 Å². The second kappa shape index (κ2) is 4.44. The predicted molar refractivity (Wildman–Crippen MR) is 80.0 cm³/mol. The molecule has 2 N–H and O–H groups in total. The van der Waals surface area contributed by atoms with E-state index in [9.17, 15) is 5.11 Å². The third-order valence-electron chi connectivity index (χ3n) is 4.36. The van der Waals surface area contributed by atoms with Crippen LogP contribution in [0, 0.1) is 0 Å². The van der Waals surface area contributed by atoms with Crippen LogP contribution in [0.2, 0.25) is 0 Å². The lowest BCUT2D eigenvalue weighted by Gasteiger charge is -2.30. The molecule has 2 heterocycles. The molecule has 0 spiro atoms. The molecule has 4 heteroatoms. The Bertz CT molecular complexity index is 703. The molecule has 0 bridgehead atoms. The van der Waals surface area contributed by atoms with Crippen LogP contribution in [0.3, 0.4) is 0 Å². The first-order valence-electron chi connectivity index (χ1n) is 7.33. The summed E-state index contributed by atoms with van der Waals surface area (Å²) in [5, 5.41) is 11.9. The molecule has 4 nitrogen and oxygen atoms in total. The molecule has 2 aromatic rings. The zero-order valence-electron chi connectivity index (χ0n) is 12.1. The van der Waals surface area contributed by atoms with Crippen molar-refractivity contribution < 1.29 is 14.6 Å². The molecule has 1 aromatic heterocycles. The largest absolute Gasteiger partial charge is 0.389 e. The summed E-state index contributed by atoms with van der Waals surface area (Å²) in [7, 11) is 0. The number of fused-ring (bicyclic) bond motifs is 2. The van der Waals surface area contributed by atoms with Crippen molar-refractivity contribution in [3.63, 3.8) is 0 Å². The molecule has 0 saturated carbocycles. The maximum absolute atomic E-state index is 10.7. The Morgan fingerprint density at radius 2 is 1.95 bits per heavy atom. The van der Waals surface area contributed by atoms with Gasteiger partial charge in [0.2, 0.25) is 0 Å². The molecule has 4 atom stereocenters. The van der Waals surface area contributed by atoms with Crippen molar-refractivity contribution in [2.24, 2.45) is 0 Å². The van der Waals surface area contributed by atoms with Gasteiger partial charge in [0.15, 0.2) is 5.79 Å². The first-order valence-corrected chi connectivity index (χ1v) is 7.33. The van der Waals surface area contributed by atoms with Crippen molar-refractivity contribution in [2.75, 3.05) is 0 Å². The van der Waals surface area contributed by atoms with Gasteiger partial charge in [-0.3, -0.25) is 0 Å². The summed E-state index contributed by atoms with van der Waals surface area (Å²) in [6.07, 6.45) is 4.93. The van der Waals surface area contributed by atoms with Crippen LogP contribution < -0.4 is 0 Å². The highest BCUT2D eigenvalue weighted by molar-refractivity contribution is 5.84. The summed E-state index contributed by atoms with van der Waals surface area (Å²) in [5.41, 5.74) is 2.18. The fourth-order valence-electron chi connectivity index (χ4n) is 3.43. The third kappa shape index (κ3) is 2.02. The van der Waals surface area contributed by atoms with Crippen molar-refractivity contribution in [3.05, 3.63) is 48.2 Å². The molecule has 110 valence electrons. The van der Waals surface area contributed by atoms with Crippen LogP contribution in [0.5, 0.6) is 0 Å². The summed E-state index contributed by atoms with van der Waals surface area (Å²) < 4.78 is 11.7. The molecule has 21 heavy (non-hydrogen) atoms. The molecule has 1 aliphatic heterocycles. The number of aliphatic hydroxyl groups is 1. The fourth-order valence-corrected chi connectivity index (χ4v) is 3.43. The highest BCUT2D eigenvalue weighted by Crippen LogP contribution is 2.40. The maximum Gasteiger partial charge on any atom is 0.164 e. The van der Waals surface area contributed by atoms with Gasteiger partial charge in [0.25, 0.3) is 0 Å². The summed E-state index contributed by atoms with van der Waals surface area (Å²) in [4.78, 5) is 3.26. The van der Waals surface area contributed by atoms with Crippen LogP contribution in [-0.2, 0) is 9.47 Å². The van der Waals surface area contributed by atoms with E-state index in [0.717, 1.165) is 16.5 Å². The molecular formula is C17H19NO3. The van der Waals surface area contributed by atoms with E-state index < -0.39 is 11.9 Å². The van der Waals surface area contributed by atoms with E-state index in [1.165, 1.54) is 0 Å². The van der Waals surface area contributed by atoms with E-state index in [1.54, 1.807) is 0 Å². The van der Waals surface area contributed by atoms with Gasteiger partial charge in [-0.1, -0.05) is 30.4 Å². The number of hydrogen-bond donors (Lipinski definition) is 2. The molecule has 0 unspecified atom stereocenters. The molecular weight excluding hydrogens is 266 g/mol. The minimum absolute atomic E-state index is 0.0834. The highest BCUT2D eigenvalue weighted by atomic mass is 16.8. The Balaban J connectivity index is 1.73. The second-order valence-corrected chi connectivity index (χ2v) is 6.26. The Morgan fingerprint density at radius 1 is 1.14 bits per heavy atom. The number of para-hydroxylation sites is 1. The number of ether oxygens (including phenoxy) is 2. The van der Waals surface area contributed by atoms with Crippen LogP contribution in [-0.4, -0.2) is 34.2 Å². The lowest BCUT2D eigenvalue weighted by Crippen LogP contribution is -2.41. The number of aliphatic hydroxyl groups excluding tert-OH is 1. The van der Waals surface area contributed by atoms with Gasteiger partial charge in [-0.2, -0.15) is 0 Å². The number of H-pyrrole nitrogens is 1. The van der Waals surface area contributed by atoms with Gasteiger partial charge in [0.05, 0.1) is 6.10 Å². The number of aromatic nitrogens is 1. The van der Waals surface area contributed by atoms with E-state index >= 15 is 0 Å². The zero-order valence-corrected chi connectivity index (χ0v) is 12.1. The summed E-state index contributed by atoms with van der Waals surface area (Å²) in [6, 6.07) is 8.13. The van der Waals surface area contributed by atoms with Crippen molar-refractivity contribution in [1.29, 1.82) is 0 Å². The van der Waals surface area contributed by atoms with E-state index in [2.05, 4.69) is 11.1 Å². The normalized spacial score (nSPS) is 34.2. The molecule has 4 rings (SSSR count). The van der Waals surface area contributed by atoms with Crippen molar-refractivity contribution >= 4 is 10.9 Å². The number of nitrogens with one attached hydrogen (secondary N) is 1. The first kappa shape index (κ1) is 13.1. The van der Waals surface area contributed by atoms with Crippen LogP contribution in [0.4, 0.5) is 0 Å². The van der Waals surface area contributed by atoms with Gasteiger partial charge in [-0.25, -0.2) is 0 Å². The van der Waals surface area contributed by atoms with Gasteiger partial charge < -0.3 is 19.6 Å². The van der Waals surface area contributed by atoms with Gasteiger partial charge in [0, 0.05) is 23.0 Å². The minimum atomic E-state index is -0.643. The van der Waals surface area contributed by atoms with E-state index in [0.29, 0.717) is 0 Å². The molecule has 2 aliphatic rings. The van der Waals surface area contributed by atoms with E-state index in [4.69, 9.17) is 9.47 Å². The van der Waals surface area contributed by atoms with Crippen LogP contribution in [0.15, 0.2) is 42.6 Å². The Morgan fingerprint density at radius 3 is 2.81 bits per heavy atom. The molecule has 1 aliphatic carbocycles. The highest BCUT2D eigenvalue weighted by Gasteiger charge is 2.48. The summed E-state index contributed by atoms with van der Waals surface area (Å²) in [5.74, 6) is -0.727. The Labute approximate surface area is 123 Å². The molecule has 0 radical (unpaired) electrons. The maximum atomic E-state index is 10.7. The third-order valence-corrected chi connectivity index (χ3v) is 4.36. The number of rotatable bonds is 1. The SMILES string of the molecule is CC1(C)O[C@H]2[C@H](O)[C@@H](c3c[nH]c4ccccc34)C=C[C@H]2O1. The summed E-state index contributed by atoms with van der Waals surface area (Å²) in [6.45, 7) is 3.76. The average molecular weight is 285 g/mol. The Hall–Kier alpha value is -1.62. The number of aromatic amines is 1. The first-order chi connectivity index (χ1) is 10.1. The molecule has 0 amide bonds. The van der Waals surface area contributed by atoms with Gasteiger partial charge in [0.1, 0.15) is 12.2 Å². The van der Waals surface area contributed by atoms with Crippen LogP contribution in [0.25, 0.3) is 10.9 Å². The van der Waals surface area contributed by atoms with Crippen LogP contribution in [0.1, 0.15) is 25.3 Å². The number of hydrogen-bond acceptors (Lipinski definition) is 3. The average Bonchev–Trinajstić information content (AvgIpc) is 3.00. The molecule has 1 saturated heterocycles. The molecule has 1 fully saturated rings. The van der Waals surface area contributed by atoms with Gasteiger partial charge in [-0.15, -0.1) is 0 Å². The van der Waals surface area contributed by atoms with Crippen LogP contribution >= 0.6 is 0 Å². The van der Waals surface area contributed by atoms with Gasteiger partial charge in [-0.05, 0) is 25.5 Å². The van der Waals surface area contributed by atoms with Crippen molar-refractivity contribution in [1.82, 2.24) is 4.98 Å². The topological polar surface area (TPSA) is 54.5 Å². The lowest BCUT2D eigenvalue weighted by molar-refractivity contribution is -0.153. The van der Waals surface area contributed by atoms with E-state index in [1.807, 2.05) is 50.4 Å². The lowest BCUT2D eigenvalue weighted by atomic mass is 9.84. The smallest absolute Gasteiger partial charge is 0.164 e. The summed E-state index contributed by atoms with van der Waals surface area (Å²) >= 11 is 0. The quantitative estimate of drug-likeness (QED) is 0.792. The zero-order chi connectivity index (χ0) is 14.6. The van der Waals surface area contributed by atoms with Crippen molar-refractivity contribution in [2.45, 2.75) is 43.9 Å². The van der Waals surface area contributed by atoms with E-state index in [-0.39, 0.29) is 18.1 Å². The second-order valence-electron chi connectivity index (χ2n) is 6.26. The van der Waals surface area contributed by atoms with Gasteiger partial charge >= 0.3 is 0 Å². The monoisotopic (exact) mass is 285 g/mol.